The lowest BCUT2D eigenvalue weighted by Crippen LogP contribution is -2.19. The topological polar surface area (TPSA) is 64.0 Å². The minimum absolute atomic E-state index is 0.0953. The molecule has 0 aliphatic carbocycles. The Morgan fingerprint density at radius 1 is 1.50 bits per heavy atom. The molecule has 0 fully saturated rings. The van der Waals surface area contributed by atoms with Crippen LogP contribution in [0.4, 0.5) is 5.69 Å². The van der Waals surface area contributed by atoms with Crippen LogP contribution in [0.5, 0.6) is 0 Å². The monoisotopic (exact) mass is 217 g/mol. The van der Waals surface area contributed by atoms with Gasteiger partial charge >= 0.3 is 0 Å². The first kappa shape index (κ1) is 10.4. The van der Waals surface area contributed by atoms with Crippen molar-refractivity contribution in [1.29, 1.82) is 0 Å². The van der Waals surface area contributed by atoms with Gasteiger partial charge in [-0.1, -0.05) is 0 Å². The van der Waals surface area contributed by atoms with E-state index in [4.69, 9.17) is 0 Å². The molecule has 5 heteroatoms. The quantitative estimate of drug-likeness (QED) is 0.779. The molecular formula is C11H11N3O2. The average Bonchev–Trinajstić information content (AvgIpc) is 2.31. The van der Waals surface area contributed by atoms with Gasteiger partial charge in [0.2, 0.25) is 6.41 Å². The van der Waals surface area contributed by atoms with E-state index in [1.807, 2.05) is 6.92 Å². The minimum atomic E-state index is -0.0953. The molecule has 1 heterocycles. The van der Waals surface area contributed by atoms with Crippen molar-refractivity contribution in [3.8, 4) is 0 Å². The highest BCUT2D eigenvalue weighted by Crippen LogP contribution is 2.13. The maximum absolute atomic E-state index is 11.9. The van der Waals surface area contributed by atoms with Crippen molar-refractivity contribution in [3.63, 3.8) is 0 Å². The molecule has 1 aromatic carbocycles. The maximum Gasteiger partial charge on any atom is 0.261 e. The number of nitrogens with one attached hydrogen (secondary N) is 1. The molecule has 5 nitrogen and oxygen atoms in total. The van der Waals surface area contributed by atoms with Gasteiger partial charge < -0.3 is 5.32 Å². The molecule has 0 aliphatic rings. The second-order valence-electron chi connectivity index (χ2n) is 3.33. The van der Waals surface area contributed by atoms with E-state index in [1.165, 1.54) is 10.9 Å². The van der Waals surface area contributed by atoms with Crippen molar-refractivity contribution in [3.05, 3.63) is 34.9 Å². The van der Waals surface area contributed by atoms with Crippen LogP contribution < -0.4 is 10.9 Å². The van der Waals surface area contributed by atoms with Gasteiger partial charge in [0.05, 0.1) is 17.2 Å². The van der Waals surface area contributed by atoms with E-state index in [2.05, 4.69) is 10.3 Å². The van der Waals surface area contributed by atoms with Crippen LogP contribution in [0.1, 0.15) is 6.92 Å². The van der Waals surface area contributed by atoms with E-state index in [0.717, 1.165) is 0 Å². The highest BCUT2D eigenvalue weighted by Gasteiger charge is 2.03. The first-order valence-electron chi connectivity index (χ1n) is 4.95. The van der Waals surface area contributed by atoms with E-state index in [0.29, 0.717) is 29.5 Å². The summed E-state index contributed by atoms with van der Waals surface area (Å²) in [6.07, 6.45) is 2.10. The summed E-state index contributed by atoms with van der Waals surface area (Å²) in [6.45, 7) is 2.45. The summed E-state index contributed by atoms with van der Waals surface area (Å²) in [5.74, 6) is 0. The van der Waals surface area contributed by atoms with E-state index < -0.39 is 0 Å². The number of rotatable bonds is 3. The third-order valence-corrected chi connectivity index (χ3v) is 2.39. The Bertz CT molecular complexity index is 589. The molecule has 0 saturated carbocycles. The van der Waals surface area contributed by atoms with E-state index in [9.17, 15) is 9.59 Å². The molecule has 0 bridgehead atoms. The molecule has 1 N–H and O–H groups in total. The number of aromatic nitrogens is 2. The number of fused-ring (bicyclic) bond motifs is 1. The number of hydrogen-bond acceptors (Lipinski definition) is 3. The Hall–Kier alpha value is -2.17. The zero-order valence-electron chi connectivity index (χ0n) is 8.80. The molecule has 0 atom stereocenters. The van der Waals surface area contributed by atoms with Crippen LogP contribution in [-0.4, -0.2) is 16.0 Å². The first-order chi connectivity index (χ1) is 7.76. The summed E-state index contributed by atoms with van der Waals surface area (Å²) in [6, 6.07) is 5.05. The number of benzene rings is 1. The third-order valence-electron chi connectivity index (χ3n) is 2.39. The van der Waals surface area contributed by atoms with Crippen LogP contribution in [0.3, 0.4) is 0 Å². The van der Waals surface area contributed by atoms with Crippen LogP contribution in [-0.2, 0) is 11.3 Å². The van der Waals surface area contributed by atoms with Crippen LogP contribution in [0.15, 0.2) is 29.3 Å². The molecule has 2 rings (SSSR count). The molecular weight excluding hydrogens is 206 g/mol. The number of aryl methyl sites for hydroxylation is 1. The fourth-order valence-corrected chi connectivity index (χ4v) is 1.54. The molecule has 0 unspecified atom stereocenters. The van der Waals surface area contributed by atoms with Crippen molar-refractivity contribution in [1.82, 2.24) is 9.55 Å². The minimum Gasteiger partial charge on any atom is -0.329 e. The molecule has 2 aromatic rings. The zero-order valence-corrected chi connectivity index (χ0v) is 8.80. The number of nitrogens with zero attached hydrogens (tertiary/aromatic N) is 2. The van der Waals surface area contributed by atoms with E-state index in [-0.39, 0.29) is 5.56 Å². The van der Waals surface area contributed by atoms with Gasteiger partial charge in [-0.15, -0.1) is 0 Å². The summed E-state index contributed by atoms with van der Waals surface area (Å²) in [4.78, 5) is 26.4. The summed E-state index contributed by atoms with van der Waals surface area (Å²) in [7, 11) is 0. The fraction of sp³-hybridized carbons (Fsp3) is 0.182. The van der Waals surface area contributed by atoms with E-state index >= 15 is 0 Å². The lowest BCUT2D eigenvalue weighted by atomic mass is 10.2. The normalized spacial score (nSPS) is 10.3. The molecule has 82 valence electrons. The Labute approximate surface area is 91.7 Å². The van der Waals surface area contributed by atoms with Crippen LogP contribution in [0.25, 0.3) is 10.9 Å². The molecule has 0 aliphatic heterocycles. The summed E-state index contributed by atoms with van der Waals surface area (Å²) in [5, 5.41) is 3.02. The van der Waals surface area contributed by atoms with Gasteiger partial charge in [0.25, 0.3) is 5.56 Å². The Balaban J connectivity index is 2.69. The lowest BCUT2D eigenvalue weighted by molar-refractivity contribution is -0.105. The molecule has 16 heavy (non-hydrogen) atoms. The van der Waals surface area contributed by atoms with Gasteiger partial charge in [-0.2, -0.15) is 0 Å². The Morgan fingerprint density at radius 2 is 2.31 bits per heavy atom. The molecule has 1 aromatic heterocycles. The van der Waals surface area contributed by atoms with E-state index in [1.54, 1.807) is 18.2 Å². The van der Waals surface area contributed by atoms with Crippen molar-refractivity contribution in [2.75, 3.05) is 5.32 Å². The number of amides is 1. The first-order valence-corrected chi connectivity index (χ1v) is 4.95. The highest BCUT2D eigenvalue weighted by molar-refractivity contribution is 5.84. The van der Waals surface area contributed by atoms with Crippen molar-refractivity contribution in [2.24, 2.45) is 0 Å². The summed E-state index contributed by atoms with van der Waals surface area (Å²) >= 11 is 0. The summed E-state index contributed by atoms with van der Waals surface area (Å²) in [5.41, 5.74) is 1.13. The predicted molar refractivity (Wildman–Crippen MR) is 61.4 cm³/mol. The van der Waals surface area contributed by atoms with Crippen LogP contribution in [0, 0.1) is 0 Å². The fourth-order valence-electron chi connectivity index (χ4n) is 1.54. The van der Waals surface area contributed by atoms with Crippen molar-refractivity contribution in [2.45, 2.75) is 13.5 Å². The maximum atomic E-state index is 11.9. The SMILES string of the molecule is CCn1cnc2ccc(NC=O)cc2c1=O. The molecule has 0 spiro atoms. The van der Waals surface area contributed by atoms with Gasteiger partial charge in [-0.05, 0) is 25.1 Å². The van der Waals surface area contributed by atoms with Crippen LogP contribution in [0.2, 0.25) is 0 Å². The Kier molecular flexibility index (Phi) is 2.68. The second kappa shape index (κ2) is 4.14. The second-order valence-corrected chi connectivity index (χ2v) is 3.33. The number of carbonyl (C=O) groups excluding carboxylic acids is 1. The number of hydrogen-bond donors (Lipinski definition) is 1. The zero-order chi connectivity index (χ0) is 11.5. The van der Waals surface area contributed by atoms with Crippen LogP contribution >= 0.6 is 0 Å². The lowest BCUT2D eigenvalue weighted by Gasteiger charge is -2.04. The Morgan fingerprint density at radius 3 is 3.00 bits per heavy atom. The van der Waals surface area contributed by atoms with Crippen molar-refractivity contribution < 1.29 is 4.79 Å². The average molecular weight is 217 g/mol. The molecule has 0 saturated heterocycles. The largest absolute Gasteiger partial charge is 0.329 e. The predicted octanol–water partition coefficient (Wildman–Crippen LogP) is 0.985. The van der Waals surface area contributed by atoms with Gasteiger partial charge in [-0.25, -0.2) is 4.98 Å². The number of carbonyl (C=O) groups is 1. The van der Waals surface area contributed by atoms with Gasteiger partial charge in [0.15, 0.2) is 0 Å². The molecule has 1 amide bonds. The van der Waals surface area contributed by atoms with Gasteiger partial charge in [0, 0.05) is 12.2 Å². The van der Waals surface area contributed by atoms with Gasteiger partial charge in [-0.3, -0.25) is 14.2 Å². The highest BCUT2D eigenvalue weighted by atomic mass is 16.1. The van der Waals surface area contributed by atoms with Crippen molar-refractivity contribution >= 4 is 23.0 Å². The molecule has 0 radical (unpaired) electrons. The third kappa shape index (κ3) is 1.67. The number of anilines is 1. The summed E-state index contributed by atoms with van der Waals surface area (Å²) < 4.78 is 1.52. The van der Waals surface area contributed by atoms with Gasteiger partial charge in [0.1, 0.15) is 0 Å². The standard InChI is InChI=1S/C11H11N3O2/c1-2-14-6-12-10-4-3-8(13-7-15)5-9(10)11(14)16/h3-7H,2H2,1H3,(H,13,15). The smallest absolute Gasteiger partial charge is 0.261 e.